The van der Waals surface area contributed by atoms with Gasteiger partial charge in [-0.15, -0.1) is 0 Å². The van der Waals surface area contributed by atoms with Gasteiger partial charge in [0.15, 0.2) is 0 Å². The summed E-state index contributed by atoms with van der Waals surface area (Å²) in [7, 11) is 0. The van der Waals surface area contributed by atoms with Crippen molar-refractivity contribution in [3.8, 4) is 5.88 Å². The molecule has 0 radical (unpaired) electrons. The van der Waals surface area contributed by atoms with Crippen LogP contribution in [0, 0.1) is 0 Å². The lowest BCUT2D eigenvalue weighted by atomic mass is 9.98. The second-order valence-corrected chi connectivity index (χ2v) is 6.01. The molecule has 5 nitrogen and oxygen atoms in total. The lowest BCUT2D eigenvalue weighted by Gasteiger charge is -2.19. The highest BCUT2D eigenvalue weighted by molar-refractivity contribution is 6.35. The molecule has 2 heterocycles. The first kappa shape index (κ1) is 16.1. The van der Waals surface area contributed by atoms with Gasteiger partial charge in [-0.1, -0.05) is 29.3 Å². The van der Waals surface area contributed by atoms with E-state index in [-0.39, 0.29) is 18.6 Å². The lowest BCUT2D eigenvalue weighted by molar-refractivity contribution is -0.124. The Kier molecular flexibility index (Phi) is 4.71. The van der Waals surface area contributed by atoms with Gasteiger partial charge in [-0.05, 0) is 29.8 Å². The molecule has 0 unspecified atom stereocenters. The average Bonchev–Trinajstić information content (AvgIpc) is 2.93. The lowest BCUT2D eigenvalue weighted by Crippen LogP contribution is -2.35. The molecule has 1 aromatic heterocycles. The highest BCUT2D eigenvalue weighted by atomic mass is 35.5. The van der Waals surface area contributed by atoms with Crippen LogP contribution in [-0.4, -0.2) is 29.2 Å². The number of hydrogen-bond acceptors (Lipinski definition) is 4. The molecule has 23 heavy (non-hydrogen) atoms. The van der Waals surface area contributed by atoms with Crippen molar-refractivity contribution in [2.45, 2.75) is 12.0 Å². The van der Waals surface area contributed by atoms with Gasteiger partial charge in [0.1, 0.15) is 6.61 Å². The van der Waals surface area contributed by atoms with Crippen LogP contribution in [0.4, 0.5) is 0 Å². The van der Waals surface area contributed by atoms with Gasteiger partial charge >= 0.3 is 0 Å². The molecule has 0 fully saturated rings. The summed E-state index contributed by atoms with van der Waals surface area (Å²) in [5.74, 6) is -0.592. The molecule has 0 saturated carbocycles. The molecule has 7 heteroatoms. The first-order valence-electron chi connectivity index (χ1n) is 7.04. The highest BCUT2D eigenvalue weighted by Gasteiger charge is 2.30. The fourth-order valence-corrected chi connectivity index (χ4v) is 3.08. The third-order valence-electron chi connectivity index (χ3n) is 3.72. The Morgan fingerprint density at radius 2 is 2.26 bits per heavy atom. The summed E-state index contributed by atoms with van der Waals surface area (Å²) in [6.45, 7) is -0.0504. The first-order valence-corrected chi connectivity index (χ1v) is 7.79. The number of fused-ring (bicyclic) bond motifs is 1. The van der Waals surface area contributed by atoms with Crippen molar-refractivity contribution in [2.75, 3.05) is 13.2 Å². The van der Waals surface area contributed by atoms with E-state index in [2.05, 4.69) is 10.3 Å². The summed E-state index contributed by atoms with van der Waals surface area (Å²) in [4.78, 5) is 16.6. The predicted octanol–water partition coefficient (Wildman–Crippen LogP) is 2.71. The maximum absolute atomic E-state index is 12.5. The summed E-state index contributed by atoms with van der Waals surface area (Å²) in [5.41, 5.74) is 1.35. The van der Waals surface area contributed by atoms with Crippen molar-refractivity contribution < 1.29 is 14.6 Å². The Morgan fingerprint density at radius 1 is 1.43 bits per heavy atom. The normalized spacial score (nSPS) is 17.3. The van der Waals surface area contributed by atoms with Gasteiger partial charge in [-0.3, -0.25) is 4.79 Å². The number of aliphatic hydroxyl groups is 1. The van der Waals surface area contributed by atoms with E-state index in [4.69, 9.17) is 27.9 Å². The zero-order valence-electron chi connectivity index (χ0n) is 12.0. The largest absolute Gasteiger partial charge is 0.475 e. The second-order valence-electron chi connectivity index (χ2n) is 5.17. The van der Waals surface area contributed by atoms with Gasteiger partial charge < -0.3 is 15.2 Å². The molecule has 3 rings (SSSR count). The summed E-state index contributed by atoms with van der Waals surface area (Å²) >= 11 is 12.0. The monoisotopic (exact) mass is 352 g/mol. The van der Waals surface area contributed by atoms with Crippen LogP contribution in [0.2, 0.25) is 10.0 Å². The van der Waals surface area contributed by atoms with Crippen LogP contribution in [0.25, 0.3) is 0 Å². The molecule has 1 aliphatic rings. The van der Waals surface area contributed by atoms with Crippen LogP contribution < -0.4 is 10.1 Å². The first-order chi connectivity index (χ1) is 11.1. The van der Waals surface area contributed by atoms with Gasteiger partial charge in [0.25, 0.3) is 0 Å². The quantitative estimate of drug-likeness (QED) is 0.887. The number of aliphatic hydroxyl groups excluding tert-OH is 1. The Hall–Kier alpha value is -1.82. The van der Waals surface area contributed by atoms with Gasteiger partial charge in [0.05, 0.1) is 18.6 Å². The molecule has 120 valence electrons. The molecule has 2 aromatic rings. The van der Waals surface area contributed by atoms with E-state index >= 15 is 0 Å². The van der Waals surface area contributed by atoms with Crippen LogP contribution >= 0.6 is 23.2 Å². The van der Waals surface area contributed by atoms with Crippen LogP contribution in [0.3, 0.4) is 0 Å². The molecule has 1 aromatic carbocycles. The third-order valence-corrected chi connectivity index (χ3v) is 4.28. The number of aromatic nitrogens is 1. The van der Waals surface area contributed by atoms with Gasteiger partial charge in [-0.2, -0.15) is 0 Å². The third kappa shape index (κ3) is 3.27. The number of hydrogen-bond donors (Lipinski definition) is 2. The van der Waals surface area contributed by atoms with Gasteiger partial charge in [0.2, 0.25) is 11.8 Å². The fraction of sp³-hybridized carbons (Fsp3) is 0.250. The Balaban J connectivity index is 1.79. The summed E-state index contributed by atoms with van der Waals surface area (Å²) in [6, 6.07) is 8.16. The van der Waals surface area contributed by atoms with E-state index < -0.39 is 5.92 Å². The molecular formula is C16H14Cl2N2O3. The van der Waals surface area contributed by atoms with Crippen LogP contribution in [0.1, 0.15) is 23.1 Å². The van der Waals surface area contributed by atoms with Gasteiger partial charge in [-0.25, -0.2) is 4.98 Å². The molecule has 1 amide bonds. The zero-order valence-corrected chi connectivity index (χ0v) is 13.5. The van der Waals surface area contributed by atoms with Crippen molar-refractivity contribution in [2.24, 2.45) is 0 Å². The van der Waals surface area contributed by atoms with Crippen molar-refractivity contribution in [3.63, 3.8) is 0 Å². The number of halogens is 2. The fourth-order valence-electron chi connectivity index (χ4n) is 2.54. The molecule has 0 spiro atoms. The van der Waals surface area contributed by atoms with E-state index in [1.807, 2.05) is 6.07 Å². The van der Waals surface area contributed by atoms with Crippen LogP contribution in [-0.2, 0) is 4.79 Å². The van der Waals surface area contributed by atoms with Crippen LogP contribution in [0.5, 0.6) is 5.88 Å². The Morgan fingerprint density at radius 3 is 3.00 bits per heavy atom. The number of carbonyl (C=O) groups excluding carboxylic acids is 1. The van der Waals surface area contributed by atoms with E-state index in [0.29, 0.717) is 28.1 Å². The topological polar surface area (TPSA) is 71.5 Å². The Bertz CT molecular complexity index is 739. The van der Waals surface area contributed by atoms with Crippen molar-refractivity contribution in [1.82, 2.24) is 10.3 Å². The highest BCUT2D eigenvalue weighted by Crippen LogP contribution is 2.32. The van der Waals surface area contributed by atoms with E-state index in [1.165, 1.54) is 0 Å². The molecule has 2 atom stereocenters. The molecule has 0 bridgehead atoms. The number of carbonyl (C=O) groups is 1. The summed E-state index contributed by atoms with van der Waals surface area (Å²) in [6.07, 6.45) is 1.63. The van der Waals surface area contributed by atoms with Gasteiger partial charge in [0, 0.05) is 21.8 Å². The molecule has 1 aliphatic heterocycles. The number of nitrogens with one attached hydrogen (secondary N) is 1. The molecule has 0 saturated heterocycles. The maximum atomic E-state index is 12.5. The molecule has 2 N–H and O–H groups in total. The molecule has 0 aliphatic carbocycles. The van der Waals surface area contributed by atoms with Crippen molar-refractivity contribution in [3.05, 3.63) is 57.7 Å². The maximum Gasteiger partial charge on any atom is 0.230 e. The second kappa shape index (κ2) is 6.74. The Labute approximate surface area is 143 Å². The minimum atomic E-state index is -0.777. The SMILES string of the molecule is O=C(N[C@H]1COc2ncccc21)[C@@H](CO)c1ccc(Cl)cc1Cl. The molecular weight excluding hydrogens is 339 g/mol. The van der Waals surface area contributed by atoms with E-state index in [1.54, 1.807) is 30.5 Å². The van der Waals surface area contributed by atoms with E-state index in [9.17, 15) is 9.90 Å². The van der Waals surface area contributed by atoms with E-state index in [0.717, 1.165) is 5.56 Å². The number of nitrogens with zero attached hydrogens (tertiary/aromatic N) is 1. The minimum Gasteiger partial charge on any atom is -0.475 e. The number of amides is 1. The number of pyridine rings is 1. The summed E-state index contributed by atoms with van der Waals surface area (Å²) in [5, 5.41) is 13.3. The average molecular weight is 353 g/mol. The standard InChI is InChI=1S/C16H14Cl2N2O3/c17-9-3-4-10(13(18)6-9)12(7-21)15(22)20-14-8-23-16-11(14)2-1-5-19-16/h1-6,12,14,21H,7-8H2,(H,20,22)/t12-,14-/m0/s1. The number of benzene rings is 1. The van der Waals surface area contributed by atoms with Crippen LogP contribution in [0.15, 0.2) is 36.5 Å². The minimum absolute atomic E-state index is 0.300. The smallest absolute Gasteiger partial charge is 0.230 e. The van der Waals surface area contributed by atoms with Crippen molar-refractivity contribution >= 4 is 29.1 Å². The summed E-state index contributed by atoms with van der Waals surface area (Å²) < 4.78 is 5.44. The zero-order chi connectivity index (χ0) is 16.4. The van der Waals surface area contributed by atoms with Crippen molar-refractivity contribution in [1.29, 1.82) is 0 Å². The number of rotatable bonds is 4. The predicted molar refractivity (Wildman–Crippen MR) is 86.9 cm³/mol. The number of ether oxygens (including phenoxy) is 1.